The molecule has 2 aromatic carbocycles. The Morgan fingerprint density at radius 1 is 0.762 bits per heavy atom. The highest BCUT2D eigenvalue weighted by Crippen LogP contribution is 2.39. The third kappa shape index (κ3) is 2.99. The number of halogens is 7. The Kier molecular flexibility index (Phi) is 4.73. The van der Waals surface area contributed by atoms with E-state index in [-0.39, 0.29) is 20.1 Å². The van der Waals surface area contributed by atoms with E-state index >= 15 is 0 Å². The Morgan fingerprint density at radius 2 is 1.29 bits per heavy atom. The lowest BCUT2D eigenvalue weighted by atomic mass is 10.0. The second-order valence-corrected chi connectivity index (χ2v) is 5.49. The van der Waals surface area contributed by atoms with Crippen LogP contribution in [0.15, 0.2) is 18.2 Å². The van der Waals surface area contributed by atoms with E-state index < -0.39 is 34.4 Å². The predicted octanol–water partition coefficient (Wildman–Crippen LogP) is 5.95. The first kappa shape index (κ1) is 16.4. The van der Waals surface area contributed by atoms with E-state index in [1.807, 2.05) is 0 Å². The molecule has 110 valence electrons. The second kappa shape index (κ2) is 6.05. The Labute approximate surface area is 137 Å². The molecule has 0 N–H and O–H groups in total. The van der Waals surface area contributed by atoms with Gasteiger partial charge in [0.05, 0.1) is 31.2 Å². The molecule has 0 aliphatic heterocycles. The quantitative estimate of drug-likeness (QED) is 0.361. The van der Waals surface area contributed by atoms with Gasteiger partial charge in [-0.15, -0.1) is 0 Å². The summed E-state index contributed by atoms with van der Waals surface area (Å²) in [6.45, 7) is 0. The molecule has 1 nitrogen and oxygen atoms in total. The van der Waals surface area contributed by atoms with Gasteiger partial charge in [-0.1, -0.05) is 46.4 Å². The second-order valence-electron chi connectivity index (χ2n) is 3.92. The fourth-order valence-corrected chi connectivity index (χ4v) is 2.74. The summed E-state index contributed by atoms with van der Waals surface area (Å²) in [5.74, 6) is -5.09. The van der Waals surface area contributed by atoms with Gasteiger partial charge in [0.1, 0.15) is 17.5 Å². The Hall–Kier alpha value is -0.940. The summed E-state index contributed by atoms with van der Waals surface area (Å²) >= 11 is 23.1. The van der Waals surface area contributed by atoms with E-state index in [0.29, 0.717) is 12.1 Å². The molecule has 0 aliphatic carbocycles. The highest BCUT2D eigenvalue weighted by Gasteiger charge is 2.26. The minimum Gasteiger partial charge on any atom is -0.288 e. The summed E-state index contributed by atoms with van der Waals surface area (Å²) in [7, 11) is 0. The number of ketones is 1. The standard InChI is InChI=1S/C13H3Cl4F3O/c14-5-3-6(15)11(16)12(17)9(5)13(21)10-7(19)1-4(18)2-8(10)20/h1-3H. The molecule has 0 saturated heterocycles. The average molecular weight is 374 g/mol. The minimum absolute atomic E-state index is 0.0248. The molecular formula is C13H3Cl4F3O. The van der Waals surface area contributed by atoms with Gasteiger partial charge in [-0.2, -0.15) is 0 Å². The van der Waals surface area contributed by atoms with Gasteiger partial charge in [0, 0.05) is 12.1 Å². The van der Waals surface area contributed by atoms with Crippen LogP contribution in [0.4, 0.5) is 13.2 Å². The zero-order valence-corrected chi connectivity index (χ0v) is 12.8. The van der Waals surface area contributed by atoms with Crippen LogP contribution in [0, 0.1) is 17.5 Å². The Balaban J connectivity index is 2.70. The third-order valence-corrected chi connectivity index (χ3v) is 4.14. The SMILES string of the molecule is O=C(c1c(F)cc(F)cc1F)c1c(Cl)cc(Cl)c(Cl)c1Cl. The van der Waals surface area contributed by atoms with Crippen molar-refractivity contribution >= 4 is 52.2 Å². The molecule has 0 aromatic heterocycles. The van der Waals surface area contributed by atoms with Crippen molar-refractivity contribution in [1.82, 2.24) is 0 Å². The summed E-state index contributed by atoms with van der Waals surface area (Å²) in [5.41, 5.74) is -1.41. The first-order valence-electron chi connectivity index (χ1n) is 5.26. The van der Waals surface area contributed by atoms with Crippen molar-refractivity contribution in [3.05, 3.63) is 66.9 Å². The smallest absolute Gasteiger partial charge is 0.202 e. The van der Waals surface area contributed by atoms with Crippen LogP contribution >= 0.6 is 46.4 Å². The van der Waals surface area contributed by atoms with Crippen molar-refractivity contribution in [3.63, 3.8) is 0 Å². The Morgan fingerprint density at radius 3 is 1.81 bits per heavy atom. The van der Waals surface area contributed by atoms with E-state index in [2.05, 4.69) is 0 Å². The molecule has 0 atom stereocenters. The van der Waals surface area contributed by atoms with E-state index in [9.17, 15) is 18.0 Å². The van der Waals surface area contributed by atoms with Crippen LogP contribution in [0.25, 0.3) is 0 Å². The molecule has 2 aromatic rings. The van der Waals surface area contributed by atoms with Gasteiger partial charge in [-0.3, -0.25) is 4.79 Å². The molecule has 0 fully saturated rings. The van der Waals surface area contributed by atoms with Crippen molar-refractivity contribution < 1.29 is 18.0 Å². The lowest BCUT2D eigenvalue weighted by Crippen LogP contribution is -2.10. The summed E-state index contributed by atoms with van der Waals surface area (Å²) in [5, 5.41) is -0.790. The molecule has 0 spiro atoms. The first-order valence-corrected chi connectivity index (χ1v) is 6.77. The first-order chi connectivity index (χ1) is 9.73. The van der Waals surface area contributed by atoms with Gasteiger partial charge in [0.2, 0.25) is 5.78 Å². The zero-order chi connectivity index (χ0) is 15.9. The number of hydrogen-bond acceptors (Lipinski definition) is 1. The van der Waals surface area contributed by atoms with Gasteiger partial charge in [-0.05, 0) is 6.07 Å². The number of rotatable bonds is 2. The van der Waals surface area contributed by atoms with Crippen LogP contribution in [0.3, 0.4) is 0 Å². The van der Waals surface area contributed by atoms with Crippen LogP contribution in [0.5, 0.6) is 0 Å². The van der Waals surface area contributed by atoms with E-state index in [1.54, 1.807) is 0 Å². The van der Waals surface area contributed by atoms with Crippen LogP contribution in [-0.4, -0.2) is 5.78 Å². The average Bonchev–Trinajstić information content (AvgIpc) is 2.34. The molecule has 8 heteroatoms. The van der Waals surface area contributed by atoms with E-state index in [0.717, 1.165) is 6.07 Å². The highest BCUT2D eigenvalue weighted by atomic mass is 35.5. The van der Waals surface area contributed by atoms with Gasteiger partial charge in [0.15, 0.2) is 0 Å². The minimum atomic E-state index is -1.38. The van der Waals surface area contributed by atoms with Gasteiger partial charge >= 0.3 is 0 Å². The van der Waals surface area contributed by atoms with Crippen molar-refractivity contribution in [2.75, 3.05) is 0 Å². The van der Waals surface area contributed by atoms with Gasteiger partial charge < -0.3 is 0 Å². The monoisotopic (exact) mass is 372 g/mol. The number of hydrogen-bond donors (Lipinski definition) is 0. The maximum absolute atomic E-state index is 13.6. The normalized spacial score (nSPS) is 10.8. The summed E-state index contributed by atoms with van der Waals surface area (Å²) in [6.07, 6.45) is 0. The largest absolute Gasteiger partial charge is 0.288 e. The molecule has 0 radical (unpaired) electrons. The fraction of sp³-hybridized carbons (Fsp3) is 0. The Bertz CT molecular complexity index is 739. The maximum atomic E-state index is 13.6. The van der Waals surface area contributed by atoms with Gasteiger partial charge in [-0.25, -0.2) is 13.2 Å². The highest BCUT2D eigenvalue weighted by molar-refractivity contribution is 6.51. The summed E-state index contributed by atoms with van der Waals surface area (Å²) in [4.78, 5) is 12.2. The third-order valence-electron chi connectivity index (χ3n) is 2.58. The summed E-state index contributed by atoms with van der Waals surface area (Å²) in [6, 6.07) is 1.86. The zero-order valence-electron chi connectivity index (χ0n) is 9.79. The lowest BCUT2D eigenvalue weighted by molar-refractivity contribution is 0.103. The molecule has 0 amide bonds. The van der Waals surface area contributed by atoms with Crippen LogP contribution in [-0.2, 0) is 0 Å². The lowest BCUT2D eigenvalue weighted by Gasteiger charge is -2.10. The molecule has 2 rings (SSSR count). The van der Waals surface area contributed by atoms with Gasteiger partial charge in [0.25, 0.3) is 0 Å². The van der Waals surface area contributed by atoms with E-state index in [4.69, 9.17) is 46.4 Å². The number of carbonyl (C=O) groups excluding carboxylic acids is 1. The van der Waals surface area contributed by atoms with E-state index in [1.165, 1.54) is 0 Å². The maximum Gasteiger partial charge on any atom is 0.202 e. The molecule has 0 saturated carbocycles. The number of carbonyl (C=O) groups is 1. The number of benzene rings is 2. The van der Waals surface area contributed by atoms with Crippen molar-refractivity contribution in [1.29, 1.82) is 0 Å². The van der Waals surface area contributed by atoms with Crippen molar-refractivity contribution in [2.24, 2.45) is 0 Å². The molecule has 0 unspecified atom stereocenters. The molecule has 21 heavy (non-hydrogen) atoms. The molecule has 0 heterocycles. The van der Waals surface area contributed by atoms with Crippen LogP contribution in [0.1, 0.15) is 15.9 Å². The molecule has 0 bridgehead atoms. The van der Waals surface area contributed by atoms with Crippen molar-refractivity contribution in [3.8, 4) is 0 Å². The summed E-state index contributed by atoms with van der Waals surface area (Å²) < 4.78 is 40.2. The fourth-order valence-electron chi connectivity index (χ4n) is 1.66. The van der Waals surface area contributed by atoms with Crippen LogP contribution in [0.2, 0.25) is 20.1 Å². The molecular weight excluding hydrogens is 371 g/mol. The van der Waals surface area contributed by atoms with Crippen molar-refractivity contribution in [2.45, 2.75) is 0 Å². The topological polar surface area (TPSA) is 17.1 Å². The van der Waals surface area contributed by atoms with Crippen LogP contribution < -0.4 is 0 Å². The molecule has 0 aliphatic rings. The predicted molar refractivity (Wildman–Crippen MR) is 76.2 cm³/mol.